The van der Waals surface area contributed by atoms with Crippen LogP contribution in [0.5, 0.6) is 0 Å². The maximum atomic E-state index is 12.5. The lowest BCUT2D eigenvalue weighted by Gasteiger charge is -2.34. The third kappa shape index (κ3) is 1.74. The molecule has 1 aromatic carbocycles. The predicted molar refractivity (Wildman–Crippen MR) is 76.6 cm³/mol. The molecule has 3 unspecified atom stereocenters. The van der Waals surface area contributed by atoms with Crippen molar-refractivity contribution < 1.29 is 19.1 Å². The summed E-state index contributed by atoms with van der Waals surface area (Å²) in [5, 5.41) is 0. The third-order valence-electron chi connectivity index (χ3n) is 5.36. The van der Waals surface area contributed by atoms with Gasteiger partial charge in [0.15, 0.2) is 5.41 Å². The van der Waals surface area contributed by atoms with Crippen LogP contribution in [0.1, 0.15) is 30.4 Å². The first-order valence-corrected chi connectivity index (χ1v) is 7.31. The SMILES string of the molecule is COC(=O)C1(C(=O)OC)CC2Cc3ccccc3C1C2C. The zero-order valence-corrected chi connectivity index (χ0v) is 12.6. The maximum absolute atomic E-state index is 12.5. The van der Waals surface area contributed by atoms with Gasteiger partial charge in [0.25, 0.3) is 0 Å². The highest BCUT2D eigenvalue weighted by molar-refractivity contribution is 6.02. The van der Waals surface area contributed by atoms with Gasteiger partial charge in [0.2, 0.25) is 0 Å². The van der Waals surface area contributed by atoms with Crippen LogP contribution in [0.25, 0.3) is 0 Å². The van der Waals surface area contributed by atoms with Crippen LogP contribution in [0.2, 0.25) is 0 Å². The Hall–Kier alpha value is -1.84. The van der Waals surface area contributed by atoms with Gasteiger partial charge in [-0.2, -0.15) is 0 Å². The summed E-state index contributed by atoms with van der Waals surface area (Å²) in [6.45, 7) is 2.12. The standard InChI is InChI=1S/C17H20O4/c1-10-12-8-11-6-4-5-7-13(11)14(10)17(9-12,15(18)20-2)16(19)21-3/h4-7,10,12,14H,8-9H2,1-3H3. The number of esters is 2. The summed E-state index contributed by atoms with van der Waals surface area (Å²) in [7, 11) is 2.68. The Morgan fingerprint density at radius 2 is 1.76 bits per heavy atom. The van der Waals surface area contributed by atoms with E-state index in [0.29, 0.717) is 12.3 Å². The van der Waals surface area contributed by atoms with E-state index in [9.17, 15) is 9.59 Å². The van der Waals surface area contributed by atoms with E-state index in [1.165, 1.54) is 19.8 Å². The molecule has 3 rings (SSSR count). The van der Waals surface area contributed by atoms with Gasteiger partial charge in [0, 0.05) is 5.92 Å². The van der Waals surface area contributed by atoms with Crippen molar-refractivity contribution in [3.63, 3.8) is 0 Å². The number of methoxy groups -OCH3 is 2. The third-order valence-corrected chi connectivity index (χ3v) is 5.36. The Labute approximate surface area is 124 Å². The van der Waals surface area contributed by atoms with Gasteiger partial charge in [-0.3, -0.25) is 9.59 Å². The second-order valence-corrected chi connectivity index (χ2v) is 6.16. The molecular weight excluding hydrogens is 268 g/mol. The number of hydrogen-bond acceptors (Lipinski definition) is 4. The van der Waals surface area contributed by atoms with Crippen LogP contribution in [0.3, 0.4) is 0 Å². The summed E-state index contributed by atoms with van der Waals surface area (Å²) >= 11 is 0. The van der Waals surface area contributed by atoms with E-state index in [1.807, 2.05) is 18.2 Å². The van der Waals surface area contributed by atoms with E-state index in [4.69, 9.17) is 9.47 Å². The molecule has 1 aromatic rings. The number of ether oxygens (including phenoxy) is 2. The van der Waals surface area contributed by atoms with Gasteiger partial charge in [-0.1, -0.05) is 31.2 Å². The number of hydrogen-bond donors (Lipinski definition) is 0. The molecule has 2 aliphatic carbocycles. The van der Waals surface area contributed by atoms with E-state index in [-0.39, 0.29) is 11.8 Å². The molecule has 0 aliphatic heterocycles. The van der Waals surface area contributed by atoms with E-state index in [2.05, 4.69) is 13.0 Å². The number of carbonyl (C=O) groups is 2. The van der Waals surface area contributed by atoms with Gasteiger partial charge in [0.05, 0.1) is 14.2 Å². The molecule has 3 atom stereocenters. The van der Waals surface area contributed by atoms with Gasteiger partial charge in [-0.05, 0) is 35.8 Å². The highest BCUT2D eigenvalue weighted by Crippen LogP contribution is 2.60. The fraction of sp³-hybridized carbons (Fsp3) is 0.529. The Morgan fingerprint density at radius 1 is 1.14 bits per heavy atom. The average molecular weight is 288 g/mol. The zero-order valence-electron chi connectivity index (χ0n) is 12.6. The van der Waals surface area contributed by atoms with E-state index in [1.54, 1.807) is 0 Å². The first-order chi connectivity index (χ1) is 10.1. The van der Waals surface area contributed by atoms with Crippen LogP contribution >= 0.6 is 0 Å². The molecule has 112 valence electrons. The highest BCUT2D eigenvalue weighted by atomic mass is 16.5. The van der Waals surface area contributed by atoms with Crippen molar-refractivity contribution in [3.8, 4) is 0 Å². The lowest BCUT2D eigenvalue weighted by Crippen LogP contribution is -2.44. The van der Waals surface area contributed by atoms with Crippen molar-refractivity contribution >= 4 is 11.9 Å². The van der Waals surface area contributed by atoms with Crippen LogP contribution in [0.15, 0.2) is 24.3 Å². The molecule has 4 nitrogen and oxygen atoms in total. The van der Waals surface area contributed by atoms with Crippen LogP contribution in [0.4, 0.5) is 0 Å². The minimum atomic E-state index is -1.19. The molecule has 2 aliphatic rings. The van der Waals surface area contributed by atoms with Crippen molar-refractivity contribution in [1.29, 1.82) is 0 Å². The largest absolute Gasteiger partial charge is 0.468 e. The maximum Gasteiger partial charge on any atom is 0.323 e. The summed E-state index contributed by atoms with van der Waals surface area (Å²) < 4.78 is 9.98. The first kappa shape index (κ1) is 14.1. The molecule has 2 bridgehead atoms. The summed E-state index contributed by atoms with van der Waals surface area (Å²) in [6.07, 6.45) is 1.41. The van der Waals surface area contributed by atoms with Crippen molar-refractivity contribution in [2.75, 3.05) is 14.2 Å². The van der Waals surface area contributed by atoms with Crippen LogP contribution in [0, 0.1) is 17.3 Å². The molecule has 4 heteroatoms. The molecule has 0 N–H and O–H groups in total. The lowest BCUT2D eigenvalue weighted by molar-refractivity contribution is -0.170. The number of carbonyl (C=O) groups excluding carboxylic acids is 2. The van der Waals surface area contributed by atoms with Gasteiger partial charge in [0.1, 0.15) is 0 Å². The summed E-state index contributed by atoms with van der Waals surface area (Å²) in [5.74, 6) is -0.524. The Morgan fingerprint density at radius 3 is 2.38 bits per heavy atom. The Kier molecular flexibility index (Phi) is 3.27. The number of rotatable bonds is 2. The van der Waals surface area contributed by atoms with E-state index in [0.717, 1.165) is 12.0 Å². The summed E-state index contributed by atoms with van der Waals surface area (Å²) in [4.78, 5) is 25.0. The quantitative estimate of drug-likeness (QED) is 0.619. The van der Waals surface area contributed by atoms with Crippen molar-refractivity contribution in [3.05, 3.63) is 35.4 Å². The van der Waals surface area contributed by atoms with Crippen LogP contribution in [-0.4, -0.2) is 26.2 Å². The summed E-state index contributed by atoms with van der Waals surface area (Å²) in [5.41, 5.74) is 1.13. The molecule has 0 radical (unpaired) electrons. The number of benzene rings is 1. The fourth-order valence-corrected chi connectivity index (χ4v) is 4.43. The highest BCUT2D eigenvalue weighted by Gasteiger charge is 2.64. The molecule has 0 heterocycles. The molecule has 21 heavy (non-hydrogen) atoms. The Balaban J connectivity index is 2.20. The lowest BCUT2D eigenvalue weighted by atomic mass is 9.69. The molecule has 0 amide bonds. The molecular formula is C17H20O4. The predicted octanol–water partition coefficient (Wildman–Crippen LogP) is 2.31. The topological polar surface area (TPSA) is 52.6 Å². The van der Waals surface area contributed by atoms with E-state index < -0.39 is 17.4 Å². The van der Waals surface area contributed by atoms with Crippen LogP contribution < -0.4 is 0 Å². The average Bonchev–Trinajstić information content (AvgIpc) is 2.70. The first-order valence-electron chi connectivity index (χ1n) is 7.31. The molecule has 1 fully saturated rings. The van der Waals surface area contributed by atoms with Crippen LogP contribution in [-0.2, 0) is 25.5 Å². The smallest absolute Gasteiger partial charge is 0.323 e. The fourth-order valence-electron chi connectivity index (χ4n) is 4.43. The van der Waals surface area contributed by atoms with Gasteiger partial charge in [-0.25, -0.2) is 0 Å². The monoisotopic (exact) mass is 288 g/mol. The zero-order chi connectivity index (χ0) is 15.2. The van der Waals surface area contributed by atoms with Gasteiger partial charge < -0.3 is 9.47 Å². The number of fused-ring (bicyclic) bond motifs is 4. The molecule has 0 saturated heterocycles. The second-order valence-electron chi connectivity index (χ2n) is 6.16. The van der Waals surface area contributed by atoms with Crippen molar-refractivity contribution in [2.24, 2.45) is 17.3 Å². The normalized spacial score (nSPS) is 28.6. The molecule has 0 aromatic heterocycles. The van der Waals surface area contributed by atoms with Crippen molar-refractivity contribution in [2.45, 2.75) is 25.7 Å². The van der Waals surface area contributed by atoms with E-state index >= 15 is 0 Å². The second kappa shape index (κ2) is 4.86. The molecule has 1 saturated carbocycles. The Bertz CT molecular complexity index is 576. The minimum Gasteiger partial charge on any atom is -0.468 e. The molecule has 0 spiro atoms. The van der Waals surface area contributed by atoms with Gasteiger partial charge in [-0.15, -0.1) is 0 Å². The minimum absolute atomic E-state index is 0.160. The summed E-state index contributed by atoms with van der Waals surface area (Å²) in [6, 6.07) is 8.08. The van der Waals surface area contributed by atoms with Gasteiger partial charge >= 0.3 is 11.9 Å². The van der Waals surface area contributed by atoms with Crippen molar-refractivity contribution in [1.82, 2.24) is 0 Å².